The van der Waals surface area contributed by atoms with E-state index in [0.29, 0.717) is 13.1 Å². The Kier molecular flexibility index (Phi) is 12.6. The van der Waals surface area contributed by atoms with Crippen molar-refractivity contribution in [3.63, 3.8) is 0 Å². The van der Waals surface area contributed by atoms with E-state index in [4.69, 9.17) is 13.8 Å². The lowest BCUT2D eigenvalue weighted by atomic mass is 10.2. The molecule has 0 aromatic rings. The van der Waals surface area contributed by atoms with Crippen LogP contribution in [0.4, 0.5) is 4.79 Å². The monoisotopic (exact) mass is 394 g/mol. The fourth-order valence-electron chi connectivity index (χ4n) is 2.09. The Balaban J connectivity index is 3.73. The summed E-state index contributed by atoms with van der Waals surface area (Å²) in [6.45, 7) is 10.4. The summed E-state index contributed by atoms with van der Waals surface area (Å²) in [4.78, 5) is 23.3. The second kappa shape index (κ2) is 13.1. The fourth-order valence-corrected chi connectivity index (χ4v) is 3.60. The lowest BCUT2D eigenvalue weighted by Gasteiger charge is -2.19. The van der Waals surface area contributed by atoms with E-state index in [-0.39, 0.29) is 25.3 Å². The third-order valence-corrected chi connectivity index (χ3v) is 5.06. The van der Waals surface area contributed by atoms with E-state index in [1.165, 1.54) is 0 Å². The number of rotatable bonds is 13. The number of nitrogens with one attached hydrogen (secondary N) is 2. The summed E-state index contributed by atoms with van der Waals surface area (Å²) in [5.41, 5.74) is -0.489. The first-order valence-electron chi connectivity index (χ1n) is 9.23. The number of amides is 2. The predicted octanol–water partition coefficient (Wildman–Crippen LogP) is 3.45. The highest BCUT2D eigenvalue weighted by atomic mass is 31.2. The minimum atomic E-state index is -3.33. The highest BCUT2D eigenvalue weighted by Gasteiger charge is 2.27. The summed E-state index contributed by atoms with van der Waals surface area (Å²) in [7, 11) is -3.33. The molecule has 0 aromatic heterocycles. The Bertz CT molecular complexity index is 455. The van der Waals surface area contributed by atoms with Gasteiger partial charge in [0.2, 0.25) is 5.91 Å². The number of ether oxygens (including phenoxy) is 1. The summed E-state index contributed by atoms with van der Waals surface area (Å²) < 4.78 is 27.5. The summed E-state index contributed by atoms with van der Waals surface area (Å²) in [5, 5.41) is 5.44. The lowest BCUT2D eigenvalue weighted by Crippen LogP contribution is -2.33. The second-order valence-electron chi connectivity index (χ2n) is 6.80. The van der Waals surface area contributed by atoms with Crippen LogP contribution in [0.2, 0.25) is 0 Å². The number of alkyl carbamates (subject to hydrolysis) is 1. The molecule has 154 valence electrons. The van der Waals surface area contributed by atoms with Crippen molar-refractivity contribution >= 4 is 19.6 Å². The maximum atomic E-state index is 12.2. The summed E-state index contributed by atoms with van der Waals surface area (Å²) in [6.07, 6.45) is 2.85. The quantitative estimate of drug-likeness (QED) is 0.366. The maximum absolute atomic E-state index is 12.2. The van der Waals surface area contributed by atoms with Crippen LogP contribution in [0.1, 0.15) is 60.3 Å². The molecule has 0 aromatic carbocycles. The smallest absolute Gasteiger partial charge is 0.407 e. The molecule has 0 unspecified atom stereocenters. The third-order valence-electron chi connectivity index (χ3n) is 3.08. The molecule has 0 atom stereocenters. The zero-order chi connectivity index (χ0) is 20.1. The van der Waals surface area contributed by atoms with Crippen LogP contribution in [-0.2, 0) is 23.1 Å². The van der Waals surface area contributed by atoms with Crippen LogP contribution in [0.3, 0.4) is 0 Å². The minimum absolute atomic E-state index is 0.238. The topological polar surface area (TPSA) is 103 Å². The van der Waals surface area contributed by atoms with E-state index in [1.807, 2.05) is 20.8 Å². The average molecular weight is 394 g/mol. The first-order valence-corrected chi connectivity index (χ1v) is 11.0. The van der Waals surface area contributed by atoms with Gasteiger partial charge in [0.1, 0.15) is 11.8 Å². The molecule has 0 radical (unpaired) electrons. The molecule has 0 saturated carbocycles. The van der Waals surface area contributed by atoms with Gasteiger partial charge in [-0.25, -0.2) is 4.79 Å². The van der Waals surface area contributed by atoms with Crippen molar-refractivity contribution in [2.45, 2.75) is 65.9 Å². The molecule has 0 heterocycles. The van der Waals surface area contributed by atoms with Crippen molar-refractivity contribution in [2.24, 2.45) is 0 Å². The van der Waals surface area contributed by atoms with Crippen molar-refractivity contribution in [2.75, 3.05) is 32.5 Å². The number of carbonyl (C=O) groups excluding carboxylic acids is 2. The molecule has 2 amide bonds. The number of hydrogen-bond acceptors (Lipinski definition) is 6. The van der Waals surface area contributed by atoms with E-state index in [0.717, 1.165) is 25.7 Å². The van der Waals surface area contributed by atoms with Crippen LogP contribution in [0, 0.1) is 0 Å². The van der Waals surface area contributed by atoms with Gasteiger partial charge in [0.05, 0.1) is 13.2 Å². The highest BCUT2D eigenvalue weighted by molar-refractivity contribution is 7.54. The predicted molar refractivity (Wildman–Crippen MR) is 101 cm³/mol. The Morgan fingerprint density at radius 2 is 1.38 bits per heavy atom. The van der Waals surface area contributed by atoms with Crippen molar-refractivity contribution in [3.8, 4) is 0 Å². The van der Waals surface area contributed by atoms with Crippen molar-refractivity contribution in [1.82, 2.24) is 10.6 Å². The number of unbranched alkanes of at least 4 members (excludes halogenated alkanes) is 3. The highest BCUT2D eigenvalue weighted by Crippen LogP contribution is 2.47. The molecule has 0 aliphatic carbocycles. The molecule has 8 nitrogen and oxygen atoms in total. The van der Waals surface area contributed by atoms with Gasteiger partial charge in [0.25, 0.3) is 0 Å². The molecular weight excluding hydrogens is 359 g/mol. The van der Waals surface area contributed by atoms with Crippen molar-refractivity contribution in [1.29, 1.82) is 0 Å². The van der Waals surface area contributed by atoms with Gasteiger partial charge in [0, 0.05) is 13.1 Å². The van der Waals surface area contributed by atoms with Crippen LogP contribution in [0.25, 0.3) is 0 Å². The molecule has 26 heavy (non-hydrogen) atoms. The third kappa shape index (κ3) is 14.1. The summed E-state index contributed by atoms with van der Waals surface area (Å²) >= 11 is 0. The molecule has 0 aliphatic heterocycles. The Hall–Kier alpha value is -1.11. The zero-order valence-corrected chi connectivity index (χ0v) is 17.7. The summed E-state index contributed by atoms with van der Waals surface area (Å²) in [6, 6.07) is 0. The molecule has 0 fully saturated rings. The SMILES string of the molecule is CCOP(=O)(CC(=O)NCCCCCCNC(=O)OC(C)(C)C)OCC. The number of carbonyl (C=O) groups is 2. The van der Waals surface area contributed by atoms with Gasteiger partial charge in [-0.05, 0) is 47.5 Å². The van der Waals surface area contributed by atoms with Gasteiger partial charge >= 0.3 is 13.7 Å². The maximum Gasteiger partial charge on any atom is 0.407 e. The van der Waals surface area contributed by atoms with Gasteiger partial charge in [-0.3, -0.25) is 9.36 Å². The Morgan fingerprint density at radius 3 is 1.85 bits per heavy atom. The van der Waals surface area contributed by atoms with Gasteiger partial charge in [-0.1, -0.05) is 12.8 Å². The molecule has 0 spiro atoms. The van der Waals surface area contributed by atoms with Crippen molar-refractivity contribution in [3.05, 3.63) is 0 Å². The standard InChI is InChI=1S/C17H35N2O6P/c1-6-23-26(22,24-7-2)14-15(20)18-12-10-8-9-11-13-19-16(21)25-17(3,4)5/h6-14H2,1-5H3,(H,18,20)(H,19,21). The van der Waals surface area contributed by atoms with E-state index >= 15 is 0 Å². The zero-order valence-electron chi connectivity index (χ0n) is 16.8. The molecular formula is C17H35N2O6P. The van der Waals surface area contributed by atoms with Crippen LogP contribution in [0.15, 0.2) is 0 Å². The van der Waals surface area contributed by atoms with Crippen LogP contribution in [-0.4, -0.2) is 50.1 Å². The molecule has 0 bridgehead atoms. The normalized spacial score (nSPS) is 11.9. The molecule has 9 heteroatoms. The van der Waals surface area contributed by atoms with E-state index in [2.05, 4.69) is 10.6 Å². The van der Waals surface area contributed by atoms with Crippen LogP contribution < -0.4 is 10.6 Å². The molecule has 0 saturated heterocycles. The number of hydrogen-bond donors (Lipinski definition) is 2. The molecule has 0 rings (SSSR count). The van der Waals surface area contributed by atoms with E-state index in [1.54, 1.807) is 13.8 Å². The first kappa shape index (κ1) is 24.9. The average Bonchev–Trinajstić information content (AvgIpc) is 2.48. The van der Waals surface area contributed by atoms with Gasteiger partial charge < -0.3 is 24.4 Å². The van der Waals surface area contributed by atoms with Gasteiger partial charge in [-0.15, -0.1) is 0 Å². The first-order chi connectivity index (χ1) is 12.1. The van der Waals surface area contributed by atoms with Crippen molar-refractivity contribution < 1.29 is 27.9 Å². The Morgan fingerprint density at radius 1 is 0.885 bits per heavy atom. The molecule has 0 aliphatic rings. The van der Waals surface area contributed by atoms with Crippen LogP contribution in [0.5, 0.6) is 0 Å². The second-order valence-corrected chi connectivity index (χ2v) is 8.85. The fraction of sp³-hybridized carbons (Fsp3) is 0.882. The Labute approximate surface area is 157 Å². The minimum Gasteiger partial charge on any atom is -0.444 e. The lowest BCUT2D eigenvalue weighted by molar-refractivity contribution is -0.118. The largest absolute Gasteiger partial charge is 0.444 e. The molecule has 2 N–H and O–H groups in total. The van der Waals surface area contributed by atoms with E-state index in [9.17, 15) is 14.2 Å². The van der Waals surface area contributed by atoms with Gasteiger partial charge in [0.15, 0.2) is 0 Å². The van der Waals surface area contributed by atoms with E-state index < -0.39 is 19.3 Å². The van der Waals surface area contributed by atoms with Crippen LogP contribution >= 0.6 is 7.60 Å². The van der Waals surface area contributed by atoms with Gasteiger partial charge in [-0.2, -0.15) is 0 Å². The summed E-state index contributed by atoms with van der Waals surface area (Å²) in [5.74, 6) is -0.332.